The van der Waals surface area contributed by atoms with Crippen LogP contribution in [0, 0.1) is 0 Å². The molecule has 17 heavy (non-hydrogen) atoms. The largest absolute Gasteiger partial charge is 0.337 e. The average Bonchev–Trinajstić information content (AvgIpc) is 2.76. The first kappa shape index (κ1) is 10.7. The molecule has 1 aromatic rings. The van der Waals surface area contributed by atoms with E-state index in [0.717, 1.165) is 39.0 Å². The van der Waals surface area contributed by atoms with Crippen molar-refractivity contribution in [2.75, 3.05) is 26.2 Å². The summed E-state index contributed by atoms with van der Waals surface area (Å²) in [5.74, 6) is 0.0308. The molecule has 6 heteroatoms. The Kier molecular flexibility index (Phi) is 2.80. The topological polar surface area (TPSA) is 63.1 Å². The molecule has 0 aliphatic carbocycles. The Morgan fingerprint density at radius 1 is 1.29 bits per heavy atom. The lowest BCUT2D eigenvalue weighted by Gasteiger charge is -2.27. The van der Waals surface area contributed by atoms with Crippen molar-refractivity contribution in [3.05, 3.63) is 11.9 Å². The molecule has 2 aliphatic rings. The van der Waals surface area contributed by atoms with Crippen LogP contribution in [0.3, 0.4) is 0 Å². The van der Waals surface area contributed by atoms with Gasteiger partial charge in [-0.3, -0.25) is 4.79 Å². The molecule has 92 valence electrons. The monoisotopic (exact) mass is 235 g/mol. The average molecular weight is 235 g/mol. The zero-order chi connectivity index (χ0) is 11.7. The molecule has 1 N–H and O–H groups in total. The van der Waals surface area contributed by atoms with Gasteiger partial charge in [0.1, 0.15) is 0 Å². The van der Waals surface area contributed by atoms with Crippen LogP contribution in [-0.4, -0.2) is 52.0 Å². The minimum absolute atomic E-state index is 0.0308. The van der Waals surface area contributed by atoms with Gasteiger partial charge in [-0.25, -0.2) is 4.68 Å². The summed E-state index contributed by atoms with van der Waals surface area (Å²) >= 11 is 0. The van der Waals surface area contributed by atoms with Crippen LogP contribution in [0.2, 0.25) is 0 Å². The van der Waals surface area contributed by atoms with Crippen molar-refractivity contribution in [1.82, 2.24) is 25.2 Å². The maximum absolute atomic E-state index is 12.1. The Morgan fingerprint density at radius 2 is 2.06 bits per heavy atom. The summed E-state index contributed by atoms with van der Waals surface area (Å²) in [5.41, 5.74) is 0.485. The fraction of sp³-hybridized carbons (Fsp3) is 0.727. The maximum atomic E-state index is 12.1. The van der Waals surface area contributed by atoms with Crippen LogP contribution >= 0.6 is 0 Å². The predicted octanol–water partition coefficient (Wildman–Crippen LogP) is 0.0485. The van der Waals surface area contributed by atoms with Gasteiger partial charge in [-0.05, 0) is 19.3 Å². The summed E-state index contributed by atoms with van der Waals surface area (Å²) in [6, 6.07) is 0.366. The van der Waals surface area contributed by atoms with E-state index >= 15 is 0 Å². The van der Waals surface area contributed by atoms with E-state index in [9.17, 15) is 4.79 Å². The SMILES string of the molecule is O=C(c1cn(C2CNC2)nn1)N1CCCCC1. The second-order valence-electron chi connectivity index (χ2n) is 4.75. The van der Waals surface area contributed by atoms with Crippen LogP contribution in [0.25, 0.3) is 0 Å². The van der Waals surface area contributed by atoms with E-state index in [2.05, 4.69) is 15.6 Å². The lowest BCUT2D eigenvalue weighted by molar-refractivity contribution is 0.0718. The van der Waals surface area contributed by atoms with Gasteiger partial charge < -0.3 is 10.2 Å². The van der Waals surface area contributed by atoms with Crippen molar-refractivity contribution >= 4 is 5.91 Å². The molecule has 0 unspecified atom stereocenters. The molecular formula is C11H17N5O. The standard InChI is InChI=1S/C11H17N5O/c17-11(15-4-2-1-3-5-15)10-8-16(14-13-10)9-6-12-7-9/h8-9,12H,1-7H2. The highest BCUT2D eigenvalue weighted by atomic mass is 16.2. The molecule has 3 heterocycles. The van der Waals surface area contributed by atoms with Crippen molar-refractivity contribution in [3.63, 3.8) is 0 Å². The molecule has 0 spiro atoms. The summed E-state index contributed by atoms with van der Waals surface area (Å²) < 4.78 is 1.80. The van der Waals surface area contributed by atoms with Crippen LogP contribution in [0.15, 0.2) is 6.20 Å². The Bertz CT molecular complexity index is 406. The first-order chi connectivity index (χ1) is 8.34. The van der Waals surface area contributed by atoms with Crippen LogP contribution in [-0.2, 0) is 0 Å². The fourth-order valence-electron chi connectivity index (χ4n) is 2.27. The van der Waals surface area contributed by atoms with Gasteiger partial charge in [0, 0.05) is 26.2 Å². The second kappa shape index (κ2) is 4.44. The third-order valence-electron chi connectivity index (χ3n) is 3.51. The van der Waals surface area contributed by atoms with Crippen molar-refractivity contribution in [2.24, 2.45) is 0 Å². The molecule has 0 aromatic carbocycles. The summed E-state index contributed by atoms with van der Waals surface area (Å²) in [4.78, 5) is 14.0. The highest BCUT2D eigenvalue weighted by molar-refractivity contribution is 5.91. The zero-order valence-electron chi connectivity index (χ0n) is 9.80. The molecule has 0 bridgehead atoms. The van der Waals surface area contributed by atoms with Gasteiger partial charge in [0.2, 0.25) is 0 Å². The lowest BCUT2D eigenvalue weighted by atomic mass is 10.1. The summed E-state index contributed by atoms with van der Waals surface area (Å²) in [6.07, 6.45) is 5.21. The fourth-order valence-corrected chi connectivity index (χ4v) is 2.27. The highest BCUT2D eigenvalue weighted by Crippen LogP contribution is 2.14. The number of likely N-dealkylation sites (tertiary alicyclic amines) is 1. The van der Waals surface area contributed by atoms with Crippen LogP contribution in [0.4, 0.5) is 0 Å². The quantitative estimate of drug-likeness (QED) is 0.786. The third-order valence-corrected chi connectivity index (χ3v) is 3.51. The summed E-state index contributed by atoms with van der Waals surface area (Å²) in [7, 11) is 0. The Morgan fingerprint density at radius 3 is 2.71 bits per heavy atom. The number of piperidine rings is 1. The molecule has 0 atom stereocenters. The first-order valence-electron chi connectivity index (χ1n) is 6.26. The van der Waals surface area contributed by atoms with Crippen LogP contribution in [0.1, 0.15) is 35.8 Å². The zero-order valence-corrected chi connectivity index (χ0v) is 9.80. The van der Waals surface area contributed by atoms with E-state index in [1.54, 1.807) is 10.9 Å². The van der Waals surface area contributed by atoms with E-state index in [4.69, 9.17) is 0 Å². The molecule has 1 aromatic heterocycles. The van der Waals surface area contributed by atoms with Crippen molar-refractivity contribution in [3.8, 4) is 0 Å². The van der Waals surface area contributed by atoms with Gasteiger partial charge in [0.05, 0.1) is 12.2 Å². The van der Waals surface area contributed by atoms with Gasteiger partial charge in [0.25, 0.3) is 5.91 Å². The van der Waals surface area contributed by atoms with E-state index in [-0.39, 0.29) is 5.91 Å². The third kappa shape index (κ3) is 2.04. The summed E-state index contributed by atoms with van der Waals surface area (Å²) in [5, 5.41) is 11.2. The Labute approximate surface area is 100.0 Å². The van der Waals surface area contributed by atoms with Gasteiger partial charge in [0.15, 0.2) is 5.69 Å². The molecule has 2 aliphatic heterocycles. The van der Waals surface area contributed by atoms with E-state index in [0.29, 0.717) is 11.7 Å². The minimum atomic E-state index is 0.0308. The minimum Gasteiger partial charge on any atom is -0.337 e. The van der Waals surface area contributed by atoms with Crippen molar-refractivity contribution < 1.29 is 4.79 Å². The number of nitrogens with zero attached hydrogens (tertiary/aromatic N) is 4. The number of nitrogens with one attached hydrogen (secondary N) is 1. The normalized spacial score (nSPS) is 21.3. The number of carbonyl (C=O) groups excluding carboxylic acids is 1. The molecule has 3 rings (SSSR count). The van der Waals surface area contributed by atoms with Gasteiger partial charge >= 0.3 is 0 Å². The highest BCUT2D eigenvalue weighted by Gasteiger charge is 2.24. The Balaban J connectivity index is 1.69. The van der Waals surface area contributed by atoms with Gasteiger partial charge in [-0.2, -0.15) is 0 Å². The maximum Gasteiger partial charge on any atom is 0.276 e. The van der Waals surface area contributed by atoms with E-state index < -0.39 is 0 Å². The smallest absolute Gasteiger partial charge is 0.276 e. The number of amides is 1. The molecule has 1 amide bonds. The molecule has 0 saturated carbocycles. The van der Waals surface area contributed by atoms with Gasteiger partial charge in [-0.1, -0.05) is 5.21 Å². The van der Waals surface area contributed by atoms with Gasteiger partial charge in [-0.15, -0.1) is 5.10 Å². The number of hydrogen-bond donors (Lipinski definition) is 1. The molecular weight excluding hydrogens is 218 g/mol. The molecule has 6 nitrogen and oxygen atoms in total. The number of aromatic nitrogens is 3. The van der Waals surface area contributed by atoms with Crippen LogP contribution in [0.5, 0.6) is 0 Å². The molecule has 2 saturated heterocycles. The van der Waals surface area contributed by atoms with E-state index in [1.807, 2.05) is 4.90 Å². The summed E-state index contributed by atoms with van der Waals surface area (Å²) in [6.45, 7) is 3.55. The van der Waals surface area contributed by atoms with E-state index in [1.165, 1.54) is 6.42 Å². The first-order valence-corrected chi connectivity index (χ1v) is 6.26. The lowest BCUT2D eigenvalue weighted by Crippen LogP contribution is -2.43. The van der Waals surface area contributed by atoms with Crippen molar-refractivity contribution in [2.45, 2.75) is 25.3 Å². The van der Waals surface area contributed by atoms with Crippen LogP contribution < -0.4 is 5.32 Å². The number of rotatable bonds is 2. The van der Waals surface area contributed by atoms with Crippen molar-refractivity contribution in [1.29, 1.82) is 0 Å². The second-order valence-corrected chi connectivity index (χ2v) is 4.75. The molecule has 2 fully saturated rings. The number of carbonyl (C=O) groups is 1. The molecule has 0 radical (unpaired) electrons. The number of hydrogen-bond acceptors (Lipinski definition) is 4. The predicted molar refractivity (Wildman–Crippen MR) is 61.7 cm³/mol. The Hall–Kier alpha value is -1.43.